The second kappa shape index (κ2) is 8.55. The van der Waals surface area contributed by atoms with Crippen molar-refractivity contribution in [3.8, 4) is 23.2 Å². The number of hydrogen-bond donors (Lipinski definition) is 0. The van der Waals surface area contributed by atoms with Gasteiger partial charge in [-0.3, -0.25) is 0 Å². The van der Waals surface area contributed by atoms with Crippen LogP contribution in [-0.4, -0.2) is 25.9 Å². The zero-order valence-electron chi connectivity index (χ0n) is 16.8. The molecule has 0 aliphatic heterocycles. The van der Waals surface area contributed by atoms with Crippen LogP contribution in [0.1, 0.15) is 54.7 Å². The highest BCUT2D eigenvalue weighted by Gasteiger charge is 2.21. The molecule has 0 unspecified atom stereocenters. The highest BCUT2D eigenvalue weighted by Crippen LogP contribution is 2.29. The predicted octanol–water partition coefficient (Wildman–Crippen LogP) is 4.71. The summed E-state index contributed by atoms with van der Waals surface area (Å²) in [5.41, 5.74) is 0.465. The van der Waals surface area contributed by atoms with Crippen LogP contribution in [0.15, 0.2) is 36.7 Å². The molecule has 0 radical (unpaired) electrons. The minimum atomic E-state index is -0.712. The number of nitriles is 1. The predicted molar refractivity (Wildman–Crippen MR) is 108 cm³/mol. The number of aromatic nitrogens is 3. The molecule has 9 heteroatoms. The first kappa shape index (κ1) is 21.3. The van der Waals surface area contributed by atoms with Gasteiger partial charge in [-0.25, -0.2) is 19.2 Å². The minimum Gasteiger partial charge on any atom is -0.468 e. The van der Waals surface area contributed by atoms with Gasteiger partial charge in [0.1, 0.15) is 23.6 Å². The molecule has 2 aromatic heterocycles. The number of ether oxygens (including phenoxy) is 2. The van der Waals surface area contributed by atoms with Crippen molar-refractivity contribution in [3.05, 3.63) is 58.6 Å². The van der Waals surface area contributed by atoms with E-state index in [1.165, 1.54) is 36.1 Å². The van der Waals surface area contributed by atoms with Crippen molar-refractivity contribution in [3.63, 3.8) is 0 Å². The molecule has 7 nitrogen and oxygen atoms in total. The molecule has 30 heavy (non-hydrogen) atoms. The monoisotopic (exact) mass is 426 g/mol. The van der Waals surface area contributed by atoms with E-state index in [9.17, 15) is 9.18 Å². The Morgan fingerprint density at radius 3 is 2.60 bits per heavy atom. The van der Waals surface area contributed by atoms with Gasteiger partial charge in [-0.1, -0.05) is 6.07 Å². The molecule has 154 valence electrons. The van der Waals surface area contributed by atoms with Crippen molar-refractivity contribution in [1.29, 1.82) is 5.26 Å². The second-order valence-corrected chi connectivity index (χ2v) is 8.26. The summed E-state index contributed by atoms with van der Waals surface area (Å²) in [6.45, 7) is 6.99. The summed E-state index contributed by atoms with van der Waals surface area (Å²) in [4.78, 5) is 20.9. The van der Waals surface area contributed by atoms with Gasteiger partial charge in [0.2, 0.25) is 5.88 Å². The summed E-state index contributed by atoms with van der Waals surface area (Å²) < 4.78 is 29.8. The van der Waals surface area contributed by atoms with E-state index in [2.05, 4.69) is 14.3 Å². The highest BCUT2D eigenvalue weighted by atomic mass is 32.1. The second-order valence-electron chi connectivity index (χ2n) is 7.42. The average Bonchev–Trinajstić information content (AvgIpc) is 3.17. The lowest BCUT2D eigenvalue weighted by atomic mass is 10.1. The Bertz CT molecular complexity index is 1100. The summed E-state index contributed by atoms with van der Waals surface area (Å²) >= 11 is 1.21. The molecule has 1 atom stereocenters. The van der Waals surface area contributed by atoms with Crippen LogP contribution in [0.3, 0.4) is 0 Å². The van der Waals surface area contributed by atoms with Crippen LogP contribution in [0.25, 0.3) is 11.3 Å². The molecule has 0 bridgehead atoms. The van der Waals surface area contributed by atoms with E-state index >= 15 is 0 Å². The maximum atomic E-state index is 14.5. The molecule has 0 fully saturated rings. The van der Waals surface area contributed by atoms with Gasteiger partial charge in [0, 0.05) is 5.56 Å². The summed E-state index contributed by atoms with van der Waals surface area (Å²) in [7, 11) is 0. The van der Waals surface area contributed by atoms with Crippen LogP contribution in [0.4, 0.5) is 4.39 Å². The standard InChI is InChI=1S/C21H19FN4O3S/c1-12(28-19-11-24-14(9-23)10-25-19)18-8-17(26-30-18)13-5-6-15(16(22)7-13)20(27)29-21(2,3)4/h5-8,10-12H,1-4H3/t12-/m1/s1. The number of esters is 1. The van der Waals surface area contributed by atoms with Crippen LogP contribution in [0.5, 0.6) is 5.88 Å². The van der Waals surface area contributed by atoms with Gasteiger partial charge >= 0.3 is 5.97 Å². The first-order valence-corrected chi connectivity index (χ1v) is 9.82. The van der Waals surface area contributed by atoms with Crippen molar-refractivity contribution in [1.82, 2.24) is 14.3 Å². The quantitative estimate of drug-likeness (QED) is 0.545. The van der Waals surface area contributed by atoms with Gasteiger partial charge in [0.15, 0.2) is 5.69 Å². The van der Waals surface area contributed by atoms with Crippen LogP contribution in [0.2, 0.25) is 0 Å². The van der Waals surface area contributed by atoms with Crippen molar-refractivity contribution in [2.75, 3.05) is 0 Å². The van der Waals surface area contributed by atoms with Crippen LogP contribution >= 0.6 is 11.5 Å². The van der Waals surface area contributed by atoms with Gasteiger partial charge < -0.3 is 9.47 Å². The van der Waals surface area contributed by atoms with E-state index < -0.39 is 17.4 Å². The number of hydrogen-bond acceptors (Lipinski definition) is 8. The number of carbonyl (C=O) groups is 1. The Balaban J connectivity index is 1.74. The van der Waals surface area contributed by atoms with Gasteiger partial charge in [-0.15, -0.1) is 0 Å². The Labute approximate surface area is 177 Å². The smallest absolute Gasteiger partial charge is 0.341 e. The Morgan fingerprint density at radius 1 is 1.23 bits per heavy atom. The molecule has 0 saturated heterocycles. The molecule has 3 aromatic rings. The number of rotatable bonds is 5. The van der Waals surface area contributed by atoms with E-state index in [0.29, 0.717) is 11.3 Å². The molecule has 3 rings (SSSR count). The van der Waals surface area contributed by atoms with Crippen molar-refractivity contribution in [2.24, 2.45) is 0 Å². The maximum absolute atomic E-state index is 14.5. The maximum Gasteiger partial charge on any atom is 0.341 e. The van der Waals surface area contributed by atoms with Gasteiger partial charge in [0.05, 0.1) is 28.5 Å². The van der Waals surface area contributed by atoms with Crippen LogP contribution < -0.4 is 4.74 Å². The largest absolute Gasteiger partial charge is 0.468 e. The molecular formula is C21H19FN4O3S. The molecule has 0 aliphatic carbocycles. The normalized spacial score (nSPS) is 12.1. The summed E-state index contributed by atoms with van der Waals surface area (Å²) in [6, 6.07) is 7.95. The number of benzene rings is 1. The molecule has 0 saturated carbocycles. The molecule has 0 amide bonds. The first-order valence-electron chi connectivity index (χ1n) is 9.05. The third-order valence-electron chi connectivity index (χ3n) is 3.85. The van der Waals surface area contributed by atoms with Crippen LogP contribution in [0, 0.1) is 17.1 Å². The SMILES string of the molecule is C[C@@H](Oc1cnc(C#N)cn1)c1cc(-c2ccc(C(=O)OC(C)(C)C)c(F)c2)ns1. The van der Waals surface area contributed by atoms with E-state index in [0.717, 1.165) is 4.88 Å². The molecule has 0 N–H and O–H groups in total. The molecule has 0 spiro atoms. The molecule has 0 aliphatic rings. The highest BCUT2D eigenvalue weighted by molar-refractivity contribution is 7.06. The molecular weight excluding hydrogens is 407 g/mol. The zero-order chi connectivity index (χ0) is 21.9. The van der Waals surface area contributed by atoms with E-state index in [1.54, 1.807) is 32.9 Å². The van der Waals surface area contributed by atoms with Crippen molar-refractivity contribution in [2.45, 2.75) is 39.4 Å². The summed E-state index contributed by atoms with van der Waals surface area (Å²) in [5, 5.41) is 8.76. The summed E-state index contributed by atoms with van der Waals surface area (Å²) in [6.07, 6.45) is 2.33. The Morgan fingerprint density at radius 2 is 2.00 bits per heavy atom. The lowest BCUT2D eigenvalue weighted by Crippen LogP contribution is -2.24. The zero-order valence-corrected chi connectivity index (χ0v) is 17.7. The fourth-order valence-corrected chi connectivity index (χ4v) is 3.19. The van der Waals surface area contributed by atoms with Gasteiger partial charge in [0.25, 0.3) is 0 Å². The fraction of sp³-hybridized carbons (Fsp3) is 0.286. The molecule has 2 heterocycles. The van der Waals surface area contributed by atoms with Crippen molar-refractivity contribution >= 4 is 17.5 Å². The molecule has 1 aromatic carbocycles. The van der Waals surface area contributed by atoms with Gasteiger partial charge in [-0.05, 0) is 57.4 Å². The number of nitrogens with zero attached hydrogens (tertiary/aromatic N) is 4. The summed E-state index contributed by atoms with van der Waals surface area (Å²) in [5.74, 6) is -1.10. The lowest BCUT2D eigenvalue weighted by molar-refractivity contribution is 0.00647. The van der Waals surface area contributed by atoms with E-state index in [4.69, 9.17) is 14.7 Å². The Hall–Kier alpha value is -3.38. The third-order valence-corrected chi connectivity index (χ3v) is 4.80. The average molecular weight is 426 g/mol. The van der Waals surface area contributed by atoms with Gasteiger partial charge in [-0.2, -0.15) is 9.64 Å². The number of halogens is 1. The fourth-order valence-electron chi connectivity index (χ4n) is 2.46. The lowest BCUT2D eigenvalue weighted by Gasteiger charge is -2.19. The first-order chi connectivity index (χ1) is 14.2. The van der Waals surface area contributed by atoms with E-state index in [1.807, 2.05) is 13.0 Å². The Kier molecular flexibility index (Phi) is 6.08. The van der Waals surface area contributed by atoms with E-state index in [-0.39, 0.29) is 23.2 Å². The van der Waals surface area contributed by atoms with Crippen molar-refractivity contribution < 1.29 is 18.7 Å². The minimum absolute atomic E-state index is 0.125. The third kappa shape index (κ3) is 5.15. The van der Waals surface area contributed by atoms with Crippen LogP contribution in [-0.2, 0) is 4.74 Å². The number of carbonyl (C=O) groups excluding carboxylic acids is 1. The topological polar surface area (TPSA) is 98.0 Å².